The molecule has 8 heteroatoms. The zero-order valence-electron chi connectivity index (χ0n) is 15.6. The fourth-order valence-corrected chi connectivity index (χ4v) is 3.51. The maximum atomic E-state index is 12.6. The van der Waals surface area contributed by atoms with Gasteiger partial charge in [-0.15, -0.1) is 0 Å². The molecule has 146 valence electrons. The van der Waals surface area contributed by atoms with Crippen molar-refractivity contribution in [2.45, 2.75) is 18.4 Å². The van der Waals surface area contributed by atoms with Crippen molar-refractivity contribution in [3.63, 3.8) is 0 Å². The summed E-state index contributed by atoms with van der Waals surface area (Å²) in [6.07, 6.45) is 0. The molecule has 2 aromatic rings. The van der Waals surface area contributed by atoms with E-state index in [-0.39, 0.29) is 17.3 Å². The molecule has 0 fully saturated rings. The Hall–Kier alpha value is -2.42. The van der Waals surface area contributed by atoms with Crippen molar-refractivity contribution >= 4 is 15.9 Å². The van der Waals surface area contributed by atoms with Crippen LogP contribution in [0.15, 0.2) is 47.4 Å². The Morgan fingerprint density at radius 1 is 1.11 bits per heavy atom. The minimum atomic E-state index is -3.79. The van der Waals surface area contributed by atoms with Gasteiger partial charge in [-0.05, 0) is 30.7 Å². The number of aryl methyl sites for hydroxylation is 1. The van der Waals surface area contributed by atoms with Gasteiger partial charge in [0.15, 0.2) is 0 Å². The Kier molecular flexibility index (Phi) is 7.35. The Morgan fingerprint density at radius 3 is 2.56 bits per heavy atom. The highest BCUT2D eigenvalue weighted by atomic mass is 32.2. The highest BCUT2D eigenvalue weighted by Gasteiger charge is 2.18. The van der Waals surface area contributed by atoms with E-state index in [2.05, 4.69) is 10.0 Å². The highest BCUT2D eigenvalue weighted by molar-refractivity contribution is 7.89. The van der Waals surface area contributed by atoms with Crippen molar-refractivity contribution in [1.82, 2.24) is 10.0 Å². The van der Waals surface area contributed by atoms with Crippen LogP contribution in [0.25, 0.3) is 0 Å². The van der Waals surface area contributed by atoms with Gasteiger partial charge in [0.1, 0.15) is 5.75 Å². The summed E-state index contributed by atoms with van der Waals surface area (Å²) in [5.41, 5.74) is 1.72. The summed E-state index contributed by atoms with van der Waals surface area (Å²) in [6.45, 7) is 2.56. The molecule has 0 saturated heterocycles. The zero-order valence-corrected chi connectivity index (χ0v) is 16.4. The monoisotopic (exact) mass is 392 g/mol. The quantitative estimate of drug-likeness (QED) is 0.636. The largest absolute Gasteiger partial charge is 0.496 e. The lowest BCUT2D eigenvalue weighted by Crippen LogP contribution is -2.28. The molecule has 2 rings (SSSR count). The molecule has 1 amide bonds. The summed E-state index contributed by atoms with van der Waals surface area (Å²) in [5, 5.41) is 2.70. The van der Waals surface area contributed by atoms with Crippen LogP contribution in [0.1, 0.15) is 21.5 Å². The third kappa shape index (κ3) is 5.53. The smallest absolute Gasteiger partial charge is 0.251 e. The van der Waals surface area contributed by atoms with E-state index in [0.29, 0.717) is 35.6 Å². The Balaban J connectivity index is 2.18. The van der Waals surface area contributed by atoms with Gasteiger partial charge >= 0.3 is 0 Å². The molecule has 0 heterocycles. The highest BCUT2D eigenvalue weighted by Crippen LogP contribution is 2.19. The second-order valence-corrected chi connectivity index (χ2v) is 7.63. The molecule has 0 aromatic heterocycles. The molecule has 7 nitrogen and oxygen atoms in total. The second-order valence-electron chi connectivity index (χ2n) is 5.86. The van der Waals surface area contributed by atoms with E-state index in [9.17, 15) is 13.2 Å². The fraction of sp³-hybridized carbons (Fsp3) is 0.316. The van der Waals surface area contributed by atoms with E-state index in [0.717, 1.165) is 0 Å². The maximum absolute atomic E-state index is 12.6. The van der Waals surface area contributed by atoms with Gasteiger partial charge < -0.3 is 14.8 Å². The summed E-state index contributed by atoms with van der Waals surface area (Å²) in [5.74, 6) is 0.258. The molecule has 0 radical (unpaired) electrons. The van der Waals surface area contributed by atoms with Crippen molar-refractivity contribution in [3.05, 3.63) is 59.2 Å². The first-order chi connectivity index (χ1) is 12.9. The van der Waals surface area contributed by atoms with E-state index < -0.39 is 10.0 Å². The van der Waals surface area contributed by atoms with Crippen molar-refractivity contribution in [2.75, 3.05) is 27.4 Å². The number of amides is 1. The van der Waals surface area contributed by atoms with Gasteiger partial charge in [-0.3, -0.25) is 4.79 Å². The lowest BCUT2D eigenvalue weighted by molar-refractivity contribution is 0.0936. The van der Waals surface area contributed by atoms with Crippen molar-refractivity contribution < 1.29 is 22.7 Å². The SMILES string of the molecule is COCCNC(=O)c1cc(S(=O)(=O)NCc2ccccc2OC)ccc1C. The first kappa shape index (κ1) is 20.9. The summed E-state index contributed by atoms with van der Waals surface area (Å²) >= 11 is 0. The number of nitrogens with one attached hydrogen (secondary N) is 2. The molecule has 0 aliphatic heterocycles. The molecule has 0 saturated carbocycles. The number of hydrogen-bond donors (Lipinski definition) is 2. The molecule has 2 aromatic carbocycles. The maximum Gasteiger partial charge on any atom is 0.251 e. The normalized spacial score (nSPS) is 11.2. The number of benzene rings is 2. The number of carbonyl (C=O) groups excluding carboxylic acids is 1. The molecule has 0 unspecified atom stereocenters. The van der Waals surface area contributed by atoms with Gasteiger partial charge in [0.2, 0.25) is 10.0 Å². The van der Waals surface area contributed by atoms with E-state index in [1.54, 1.807) is 31.2 Å². The van der Waals surface area contributed by atoms with Gasteiger partial charge in [-0.25, -0.2) is 13.1 Å². The number of sulfonamides is 1. The zero-order chi connectivity index (χ0) is 19.9. The molecule has 0 bridgehead atoms. The summed E-state index contributed by atoms with van der Waals surface area (Å²) in [4.78, 5) is 12.3. The van der Waals surface area contributed by atoms with Crippen molar-refractivity contribution in [2.24, 2.45) is 0 Å². The first-order valence-electron chi connectivity index (χ1n) is 8.38. The fourth-order valence-electron chi connectivity index (χ4n) is 2.48. The number of hydrogen-bond acceptors (Lipinski definition) is 5. The lowest BCUT2D eigenvalue weighted by atomic mass is 10.1. The van der Waals surface area contributed by atoms with Crippen LogP contribution < -0.4 is 14.8 Å². The summed E-state index contributed by atoms with van der Waals surface area (Å²) in [6, 6.07) is 11.6. The Labute approximate surface area is 159 Å². The average molecular weight is 392 g/mol. The van der Waals surface area contributed by atoms with Crippen LogP contribution in [0, 0.1) is 6.92 Å². The van der Waals surface area contributed by atoms with Gasteiger partial charge in [-0.2, -0.15) is 0 Å². The first-order valence-corrected chi connectivity index (χ1v) is 9.86. The lowest BCUT2D eigenvalue weighted by Gasteiger charge is -2.12. The van der Waals surface area contributed by atoms with Gasteiger partial charge in [0.25, 0.3) is 5.91 Å². The van der Waals surface area contributed by atoms with Crippen LogP contribution >= 0.6 is 0 Å². The van der Waals surface area contributed by atoms with E-state index in [4.69, 9.17) is 9.47 Å². The van der Waals surface area contributed by atoms with Crippen molar-refractivity contribution in [3.8, 4) is 5.75 Å². The molecule has 27 heavy (non-hydrogen) atoms. The predicted octanol–water partition coefficient (Wildman–Crippen LogP) is 1.86. The number of ether oxygens (including phenoxy) is 2. The molecule has 2 N–H and O–H groups in total. The minimum absolute atomic E-state index is 0.0277. The number of methoxy groups -OCH3 is 2. The minimum Gasteiger partial charge on any atom is -0.496 e. The number of para-hydroxylation sites is 1. The van der Waals surface area contributed by atoms with Crippen LogP contribution in [0.2, 0.25) is 0 Å². The number of carbonyl (C=O) groups is 1. The van der Waals surface area contributed by atoms with Crippen LogP contribution in [-0.4, -0.2) is 41.7 Å². The van der Waals surface area contributed by atoms with E-state index in [1.807, 2.05) is 6.07 Å². The van der Waals surface area contributed by atoms with Crippen LogP contribution in [-0.2, 0) is 21.3 Å². The van der Waals surface area contributed by atoms with E-state index >= 15 is 0 Å². The topological polar surface area (TPSA) is 93.7 Å². The van der Waals surface area contributed by atoms with Crippen LogP contribution in [0.5, 0.6) is 5.75 Å². The number of rotatable bonds is 9. The molecule has 0 aliphatic carbocycles. The summed E-state index contributed by atoms with van der Waals surface area (Å²) < 4.78 is 38.0. The Bertz CT molecular complexity index is 897. The van der Waals surface area contributed by atoms with Gasteiger partial charge in [-0.1, -0.05) is 24.3 Å². The van der Waals surface area contributed by atoms with Crippen LogP contribution in [0.3, 0.4) is 0 Å². The third-order valence-corrected chi connectivity index (χ3v) is 5.40. The summed E-state index contributed by atoms with van der Waals surface area (Å²) in [7, 11) is -0.722. The standard InChI is InChI=1S/C19H24N2O5S/c1-14-8-9-16(12-17(14)19(22)20-10-11-25-2)27(23,24)21-13-15-6-4-5-7-18(15)26-3/h4-9,12,21H,10-11,13H2,1-3H3,(H,20,22). The van der Waals surface area contributed by atoms with Gasteiger partial charge in [0.05, 0.1) is 18.6 Å². The molecular weight excluding hydrogens is 368 g/mol. The molecule has 0 aliphatic rings. The van der Waals surface area contributed by atoms with Crippen molar-refractivity contribution in [1.29, 1.82) is 0 Å². The molecule has 0 spiro atoms. The molecular formula is C19H24N2O5S. The third-order valence-electron chi connectivity index (χ3n) is 4.00. The van der Waals surface area contributed by atoms with Gasteiger partial charge in [0, 0.05) is 31.3 Å². The molecule has 0 atom stereocenters. The predicted molar refractivity (Wildman–Crippen MR) is 102 cm³/mol. The average Bonchev–Trinajstić information content (AvgIpc) is 2.67. The second kappa shape index (κ2) is 9.50. The van der Waals surface area contributed by atoms with Crippen LogP contribution in [0.4, 0.5) is 0 Å². The Morgan fingerprint density at radius 2 is 1.85 bits per heavy atom. The van der Waals surface area contributed by atoms with E-state index in [1.165, 1.54) is 26.4 Å².